The van der Waals surface area contributed by atoms with Crippen LogP contribution in [0.25, 0.3) is 0 Å². The van der Waals surface area contributed by atoms with E-state index in [0.717, 1.165) is 0 Å². The summed E-state index contributed by atoms with van der Waals surface area (Å²) in [5.41, 5.74) is -1.26. The molecule has 1 aromatic rings. The van der Waals surface area contributed by atoms with E-state index in [2.05, 4.69) is 0 Å². The third-order valence-electron chi connectivity index (χ3n) is 5.08. The molecule has 1 aromatic carbocycles. The Balaban J connectivity index is 2.71. The van der Waals surface area contributed by atoms with E-state index in [0.29, 0.717) is 12.1 Å². The Morgan fingerprint density at radius 1 is 1.23 bits per heavy atom. The Kier molecular flexibility index (Phi) is 5.13. The maximum atomic E-state index is 14.6. The summed E-state index contributed by atoms with van der Waals surface area (Å²) in [5.74, 6) is -8.47. The molecule has 0 N–H and O–H groups in total. The normalized spacial score (nSPS) is 20.5. The summed E-state index contributed by atoms with van der Waals surface area (Å²) in [4.78, 5) is -0.996. The van der Waals surface area contributed by atoms with Crippen molar-refractivity contribution in [3.05, 3.63) is 29.1 Å². The van der Waals surface area contributed by atoms with Crippen molar-refractivity contribution in [2.45, 2.75) is 68.0 Å². The molecular weight excluding hydrogens is 395 g/mol. The van der Waals surface area contributed by atoms with Gasteiger partial charge in [0.2, 0.25) is 9.84 Å². The Morgan fingerprint density at radius 2 is 1.77 bits per heavy atom. The number of halogens is 5. The molecular formula is C16H21F5O3SSi. The fourth-order valence-corrected chi connectivity index (χ4v) is 4.80. The van der Waals surface area contributed by atoms with Crippen molar-refractivity contribution in [2.24, 2.45) is 0 Å². The average molecular weight is 416 g/mol. The van der Waals surface area contributed by atoms with Gasteiger partial charge in [-0.2, -0.15) is 8.78 Å². The van der Waals surface area contributed by atoms with Crippen LogP contribution >= 0.6 is 0 Å². The Labute approximate surface area is 150 Å². The van der Waals surface area contributed by atoms with Gasteiger partial charge in [0.25, 0.3) is 5.92 Å². The largest absolute Gasteiger partial charge is 0.404 e. The van der Waals surface area contributed by atoms with E-state index in [-0.39, 0.29) is 0 Å². The van der Waals surface area contributed by atoms with Crippen LogP contribution in [0.4, 0.5) is 22.0 Å². The standard InChI is InChI=1S/C16H21F5O3SSi/c1-15(2,3)26(4,5)24-13-12-9(8-16(13,20)21)10(17)6-7-11(12)25(22,23)14(18)19/h6-7,13-14H,8H2,1-5H3/t13-/m0/s1. The number of fused-ring (bicyclic) bond motifs is 1. The quantitative estimate of drug-likeness (QED) is 0.391. The smallest absolute Gasteiger partial charge is 0.341 e. The Hall–Kier alpha value is -1.00. The lowest BCUT2D eigenvalue weighted by Crippen LogP contribution is -2.44. The van der Waals surface area contributed by atoms with Crippen molar-refractivity contribution >= 4 is 18.2 Å². The molecule has 1 aliphatic carbocycles. The maximum Gasteiger partial charge on any atom is 0.341 e. The van der Waals surface area contributed by atoms with Gasteiger partial charge in [-0.25, -0.2) is 21.6 Å². The van der Waals surface area contributed by atoms with Gasteiger partial charge >= 0.3 is 5.76 Å². The van der Waals surface area contributed by atoms with Crippen LogP contribution in [-0.2, 0) is 20.7 Å². The Morgan fingerprint density at radius 3 is 2.23 bits per heavy atom. The molecule has 1 aliphatic rings. The minimum atomic E-state index is -5.19. The number of rotatable bonds is 4. The fraction of sp³-hybridized carbons (Fsp3) is 0.625. The fourth-order valence-electron chi connectivity index (χ4n) is 2.58. The third-order valence-corrected chi connectivity index (χ3v) is 11.0. The topological polar surface area (TPSA) is 43.4 Å². The number of sulfone groups is 1. The summed E-state index contributed by atoms with van der Waals surface area (Å²) < 4.78 is 99.0. The highest BCUT2D eigenvalue weighted by molar-refractivity contribution is 7.91. The molecule has 148 valence electrons. The summed E-state index contributed by atoms with van der Waals surface area (Å²) >= 11 is 0. The van der Waals surface area contributed by atoms with Crippen molar-refractivity contribution in [3.8, 4) is 0 Å². The lowest BCUT2D eigenvalue weighted by Gasteiger charge is -2.40. The van der Waals surface area contributed by atoms with Gasteiger partial charge in [-0.3, -0.25) is 0 Å². The van der Waals surface area contributed by atoms with Gasteiger partial charge in [0.05, 0.1) is 4.90 Å². The van der Waals surface area contributed by atoms with Gasteiger partial charge in [0, 0.05) is 17.5 Å². The molecule has 0 fully saturated rings. The van der Waals surface area contributed by atoms with Crippen LogP contribution in [0.2, 0.25) is 18.1 Å². The Bertz CT molecular complexity index is 816. The number of benzene rings is 1. The van der Waals surface area contributed by atoms with Crippen molar-refractivity contribution in [1.29, 1.82) is 0 Å². The third kappa shape index (κ3) is 3.43. The highest BCUT2D eigenvalue weighted by Gasteiger charge is 2.55. The van der Waals surface area contributed by atoms with E-state index in [9.17, 15) is 30.4 Å². The second-order valence-electron chi connectivity index (χ2n) is 7.94. The molecule has 0 radical (unpaired) electrons. The lowest BCUT2D eigenvalue weighted by atomic mass is 10.1. The first-order chi connectivity index (χ1) is 11.5. The van der Waals surface area contributed by atoms with Crippen LogP contribution in [0, 0.1) is 5.82 Å². The molecule has 1 atom stereocenters. The molecule has 2 rings (SSSR count). The average Bonchev–Trinajstić information content (AvgIpc) is 2.70. The molecule has 0 spiro atoms. The van der Waals surface area contributed by atoms with E-state index >= 15 is 0 Å². The monoisotopic (exact) mass is 416 g/mol. The molecule has 0 aliphatic heterocycles. The first-order valence-corrected chi connectivity index (χ1v) is 12.4. The number of hydrogen-bond acceptors (Lipinski definition) is 3. The zero-order chi connectivity index (χ0) is 20.3. The van der Waals surface area contributed by atoms with Crippen molar-refractivity contribution in [1.82, 2.24) is 0 Å². The van der Waals surface area contributed by atoms with Crippen molar-refractivity contribution < 1.29 is 34.8 Å². The van der Waals surface area contributed by atoms with E-state index in [1.807, 2.05) is 0 Å². The summed E-state index contributed by atoms with van der Waals surface area (Å²) in [6.07, 6.45) is -3.18. The van der Waals surface area contributed by atoms with Gasteiger partial charge in [0.15, 0.2) is 8.32 Å². The van der Waals surface area contributed by atoms with Crippen LogP contribution < -0.4 is 0 Å². The van der Waals surface area contributed by atoms with Gasteiger partial charge in [-0.1, -0.05) is 20.8 Å². The summed E-state index contributed by atoms with van der Waals surface area (Å²) in [6, 6.07) is 1.23. The molecule has 0 heterocycles. The van der Waals surface area contributed by atoms with Crippen LogP contribution in [0.5, 0.6) is 0 Å². The molecule has 0 unspecified atom stereocenters. The maximum absolute atomic E-state index is 14.6. The van der Waals surface area contributed by atoms with Gasteiger partial charge in [-0.15, -0.1) is 0 Å². The summed E-state index contributed by atoms with van der Waals surface area (Å²) in [5, 5.41) is -0.499. The lowest BCUT2D eigenvalue weighted by molar-refractivity contribution is -0.0909. The number of alkyl halides is 4. The molecule has 10 heteroatoms. The zero-order valence-electron chi connectivity index (χ0n) is 15.0. The molecule has 0 aromatic heterocycles. The molecule has 0 saturated heterocycles. The first kappa shape index (κ1) is 21.3. The second-order valence-corrected chi connectivity index (χ2v) is 14.6. The van der Waals surface area contributed by atoms with Gasteiger partial charge < -0.3 is 4.43 Å². The van der Waals surface area contributed by atoms with E-state index in [1.54, 1.807) is 33.9 Å². The van der Waals surface area contributed by atoms with E-state index in [4.69, 9.17) is 4.43 Å². The summed E-state index contributed by atoms with van der Waals surface area (Å²) in [6.45, 7) is 8.70. The predicted molar refractivity (Wildman–Crippen MR) is 89.3 cm³/mol. The first-order valence-electron chi connectivity index (χ1n) is 7.91. The number of hydrogen-bond donors (Lipinski definition) is 0. The van der Waals surface area contributed by atoms with Crippen LogP contribution in [0.15, 0.2) is 17.0 Å². The second kappa shape index (κ2) is 6.27. The minimum Gasteiger partial charge on any atom is -0.404 e. The van der Waals surface area contributed by atoms with Gasteiger partial charge in [-0.05, 0) is 30.3 Å². The van der Waals surface area contributed by atoms with Crippen molar-refractivity contribution in [3.63, 3.8) is 0 Å². The highest BCUT2D eigenvalue weighted by atomic mass is 32.2. The highest BCUT2D eigenvalue weighted by Crippen LogP contribution is 2.52. The van der Waals surface area contributed by atoms with Crippen LogP contribution in [-0.4, -0.2) is 28.4 Å². The minimum absolute atomic E-state index is 0.499. The van der Waals surface area contributed by atoms with E-state index < -0.39 is 69.2 Å². The predicted octanol–water partition coefficient (Wildman–Crippen LogP) is 5.08. The SMILES string of the molecule is CC(C)(C)[Si](C)(C)O[C@H]1c2c(S(=O)(=O)C(F)F)ccc(F)c2CC1(F)F. The van der Waals surface area contributed by atoms with Crippen LogP contribution in [0.3, 0.4) is 0 Å². The summed E-state index contributed by atoms with van der Waals surface area (Å²) in [7, 11) is -8.03. The molecule has 0 amide bonds. The molecule has 0 bridgehead atoms. The van der Waals surface area contributed by atoms with E-state index in [1.165, 1.54) is 0 Å². The van der Waals surface area contributed by atoms with Crippen molar-refractivity contribution in [2.75, 3.05) is 0 Å². The van der Waals surface area contributed by atoms with Gasteiger partial charge in [0.1, 0.15) is 11.9 Å². The zero-order valence-corrected chi connectivity index (χ0v) is 16.9. The molecule has 26 heavy (non-hydrogen) atoms. The molecule has 3 nitrogen and oxygen atoms in total. The van der Waals surface area contributed by atoms with Crippen LogP contribution in [0.1, 0.15) is 38.0 Å². The molecule has 0 saturated carbocycles.